The summed E-state index contributed by atoms with van der Waals surface area (Å²) in [6.45, 7) is 0.291. The van der Waals surface area contributed by atoms with E-state index in [1.165, 1.54) is 0 Å². The predicted molar refractivity (Wildman–Crippen MR) is 93.8 cm³/mol. The van der Waals surface area contributed by atoms with Crippen LogP contribution in [0.1, 0.15) is 6.42 Å². The zero-order chi connectivity index (χ0) is 15.2. The Morgan fingerprint density at radius 3 is 2.81 bits per heavy atom. The van der Waals surface area contributed by atoms with Crippen LogP contribution in [0, 0.1) is 3.57 Å². The highest BCUT2D eigenvalue weighted by atomic mass is 127. The third-order valence-corrected chi connectivity index (χ3v) is 3.79. The number of nitrogen functional groups attached to an aromatic ring is 1. The lowest BCUT2D eigenvalue weighted by Gasteiger charge is -2.09. The highest BCUT2D eigenvalue weighted by Gasteiger charge is 2.06. The Labute approximate surface area is 141 Å². The van der Waals surface area contributed by atoms with Gasteiger partial charge >= 0.3 is 0 Å². The van der Waals surface area contributed by atoms with E-state index in [9.17, 15) is 4.79 Å². The van der Waals surface area contributed by atoms with Gasteiger partial charge in [0.05, 0.1) is 18.7 Å². The monoisotopic (exact) mass is 416 g/mol. The minimum absolute atomic E-state index is 0.112. The third-order valence-electron chi connectivity index (χ3n) is 2.66. The van der Waals surface area contributed by atoms with Crippen LogP contribution < -0.4 is 15.8 Å². The molecule has 0 aliphatic carbocycles. The van der Waals surface area contributed by atoms with Crippen LogP contribution >= 0.6 is 34.2 Å². The van der Waals surface area contributed by atoms with Gasteiger partial charge in [-0.25, -0.2) is 0 Å². The zero-order valence-electron chi connectivity index (χ0n) is 11.1. The molecule has 0 saturated carbocycles. The third kappa shape index (κ3) is 5.09. The maximum absolute atomic E-state index is 11.9. The molecule has 0 atom stereocenters. The fourth-order valence-corrected chi connectivity index (χ4v) is 2.68. The van der Waals surface area contributed by atoms with Crippen LogP contribution in [-0.2, 0) is 4.79 Å². The van der Waals surface area contributed by atoms with Crippen molar-refractivity contribution in [3.05, 3.63) is 51.1 Å². The van der Waals surface area contributed by atoms with Crippen molar-refractivity contribution in [2.75, 3.05) is 17.7 Å². The molecule has 0 fully saturated rings. The number of carbonyl (C=O) groups excluding carboxylic acids is 1. The Bertz CT molecular complexity index is 649. The second-order valence-electron chi connectivity index (χ2n) is 4.34. The Hall–Kier alpha value is -1.47. The summed E-state index contributed by atoms with van der Waals surface area (Å²) < 4.78 is 6.37. The summed E-state index contributed by atoms with van der Waals surface area (Å²) in [5.41, 5.74) is 7.03. The number of hydrogen-bond acceptors (Lipinski definition) is 3. The van der Waals surface area contributed by atoms with Gasteiger partial charge in [0.1, 0.15) is 5.75 Å². The minimum Gasteiger partial charge on any atom is -0.493 e. The summed E-state index contributed by atoms with van der Waals surface area (Å²) in [5, 5.41) is 3.47. The van der Waals surface area contributed by atoms with Crippen LogP contribution in [0.15, 0.2) is 42.5 Å². The predicted octanol–water partition coefficient (Wildman–Crippen LogP) is 3.93. The molecule has 2 rings (SSSR count). The highest BCUT2D eigenvalue weighted by Crippen LogP contribution is 2.22. The van der Waals surface area contributed by atoms with E-state index in [4.69, 9.17) is 22.1 Å². The first-order valence-electron chi connectivity index (χ1n) is 6.28. The second-order valence-corrected chi connectivity index (χ2v) is 5.94. The average Bonchev–Trinajstić information content (AvgIpc) is 2.42. The number of rotatable bonds is 5. The first-order chi connectivity index (χ1) is 10.0. The molecule has 0 radical (unpaired) electrons. The lowest BCUT2D eigenvalue weighted by molar-refractivity contribution is -0.116. The quantitative estimate of drug-likeness (QED) is 0.573. The van der Waals surface area contributed by atoms with Crippen molar-refractivity contribution < 1.29 is 9.53 Å². The molecule has 6 heteroatoms. The molecule has 2 aromatic carbocycles. The molecular formula is C15H14ClIN2O2. The van der Waals surface area contributed by atoms with Crippen LogP contribution in [0.2, 0.25) is 5.02 Å². The summed E-state index contributed by atoms with van der Waals surface area (Å²) in [6.07, 6.45) is 0.257. The molecule has 0 aliphatic heterocycles. The number of nitrogens with two attached hydrogens (primary N) is 1. The van der Waals surface area contributed by atoms with Crippen molar-refractivity contribution in [3.63, 3.8) is 0 Å². The van der Waals surface area contributed by atoms with Gasteiger partial charge in [-0.1, -0.05) is 17.7 Å². The molecule has 0 aromatic heterocycles. The van der Waals surface area contributed by atoms with Crippen LogP contribution in [-0.4, -0.2) is 12.5 Å². The van der Waals surface area contributed by atoms with Gasteiger partial charge in [-0.05, 0) is 52.9 Å². The van der Waals surface area contributed by atoms with Crippen LogP contribution in [0.3, 0.4) is 0 Å². The molecule has 3 N–H and O–H groups in total. The molecule has 21 heavy (non-hydrogen) atoms. The lowest BCUT2D eigenvalue weighted by atomic mass is 10.3. The Morgan fingerprint density at radius 1 is 1.29 bits per heavy atom. The molecule has 0 bridgehead atoms. The van der Waals surface area contributed by atoms with E-state index in [0.29, 0.717) is 23.1 Å². The largest absolute Gasteiger partial charge is 0.493 e. The van der Waals surface area contributed by atoms with Gasteiger partial charge < -0.3 is 15.8 Å². The van der Waals surface area contributed by atoms with E-state index < -0.39 is 0 Å². The van der Waals surface area contributed by atoms with Crippen LogP contribution in [0.4, 0.5) is 11.4 Å². The molecule has 0 aliphatic rings. The number of anilines is 2. The lowest BCUT2D eigenvalue weighted by Crippen LogP contribution is -2.15. The number of ether oxygens (including phenoxy) is 1. The second kappa shape index (κ2) is 7.51. The van der Waals surface area contributed by atoms with E-state index >= 15 is 0 Å². The number of nitrogens with one attached hydrogen (secondary N) is 1. The maximum Gasteiger partial charge on any atom is 0.227 e. The van der Waals surface area contributed by atoms with Gasteiger partial charge in [-0.15, -0.1) is 0 Å². The first-order valence-corrected chi connectivity index (χ1v) is 7.73. The zero-order valence-corrected chi connectivity index (χ0v) is 14.0. The molecule has 0 saturated heterocycles. The number of hydrogen-bond donors (Lipinski definition) is 2. The van der Waals surface area contributed by atoms with Crippen LogP contribution in [0.25, 0.3) is 0 Å². The van der Waals surface area contributed by atoms with Crippen molar-refractivity contribution in [1.29, 1.82) is 0 Å². The summed E-state index contributed by atoms with van der Waals surface area (Å²) in [4.78, 5) is 11.9. The maximum atomic E-state index is 11.9. The Morgan fingerprint density at radius 2 is 2.10 bits per heavy atom. The van der Waals surface area contributed by atoms with Crippen molar-refractivity contribution in [1.82, 2.24) is 0 Å². The summed E-state index contributed by atoms with van der Waals surface area (Å²) in [7, 11) is 0. The normalized spacial score (nSPS) is 10.2. The van der Waals surface area contributed by atoms with E-state index in [2.05, 4.69) is 27.9 Å². The summed E-state index contributed by atoms with van der Waals surface area (Å²) in [6, 6.07) is 12.4. The fourth-order valence-electron chi connectivity index (χ4n) is 1.67. The molecule has 110 valence electrons. The van der Waals surface area contributed by atoms with E-state index in [1.54, 1.807) is 42.5 Å². The van der Waals surface area contributed by atoms with E-state index in [-0.39, 0.29) is 12.3 Å². The van der Waals surface area contributed by atoms with Crippen molar-refractivity contribution in [2.45, 2.75) is 6.42 Å². The molecule has 0 spiro atoms. The molecule has 4 nitrogen and oxygen atoms in total. The van der Waals surface area contributed by atoms with Gasteiger partial charge in [0.2, 0.25) is 5.91 Å². The molecule has 2 aromatic rings. The number of benzene rings is 2. The van der Waals surface area contributed by atoms with Crippen molar-refractivity contribution >= 4 is 51.5 Å². The number of amides is 1. The topological polar surface area (TPSA) is 64.3 Å². The highest BCUT2D eigenvalue weighted by molar-refractivity contribution is 14.1. The fraction of sp³-hybridized carbons (Fsp3) is 0.133. The van der Waals surface area contributed by atoms with Gasteiger partial charge in [-0.2, -0.15) is 0 Å². The molecule has 0 unspecified atom stereocenters. The summed E-state index contributed by atoms with van der Waals surface area (Å²) in [5.74, 6) is 0.544. The van der Waals surface area contributed by atoms with Crippen molar-refractivity contribution in [3.8, 4) is 5.75 Å². The molecular weight excluding hydrogens is 403 g/mol. The number of halogens is 2. The SMILES string of the molecule is Nc1cccc(OCCC(=O)Nc2ccc(Cl)cc2I)c1. The van der Waals surface area contributed by atoms with Gasteiger partial charge in [0.25, 0.3) is 0 Å². The molecule has 0 heterocycles. The Kier molecular flexibility index (Phi) is 5.69. The minimum atomic E-state index is -0.112. The van der Waals surface area contributed by atoms with Crippen molar-refractivity contribution in [2.24, 2.45) is 0 Å². The summed E-state index contributed by atoms with van der Waals surface area (Å²) >= 11 is 8.00. The standard InChI is InChI=1S/C15H14ClIN2O2/c16-10-4-5-14(13(17)8-10)19-15(20)6-7-21-12-3-1-2-11(18)9-12/h1-5,8-9H,6-7,18H2,(H,19,20). The number of carbonyl (C=O) groups is 1. The van der Waals surface area contributed by atoms with E-state index in [1.807, 2.05) is 0 Å². The van der Waals surface area contributed by atoms with E-state index in [0.717, 1.165) is 9.26 Å². The smallest absolute Gasteiger partial charge is 0.227 e. The Balaban J connectivity index is 1.82. The molecule has 1 amide bonds. The van der Waals surface area contributed by atoms with Gasteiger partial charge in [-0.3, -0.25) is 4.79 Å². The van der Waals surface area contributed by atoms with Gasteiger partial charge in [0.15, 0.2) is 0 Å². The first kappa shape index (κ1) is 15.9. The average molecular weight is 417 g/mol. The van der Waals surface area contributed by atoms with Crippen LogP contribution in [0.5, 0.6) is 5.75 Å². The van der Waals surface area contributed by atoms with Gasteiger partial charge in [0, 0.05) is 20.3 Å².